The van der Waals surface area contributed by atoms with Crippen LogP contribution in [0.15, 0.2) is 30.3 Å². The number of nitrogens with one attached hydrogen (secondary N) is 1. The van der Waals surface area contributed by atoms with Crippen LogP contribution in [0.4, 0.5) is 4.79 Å². The minimum absolute atomic E-state index is 0.0310. The van der Waals surface area contributed by atoms with Gasteiger partial charge in [-0.05, 0) is 55.9 Å². The second-order valence-electron chi connectivity index (χ2n) is 7.55. The molecule has 0 bridgehead atoms. The summed E-state index contributed by atoms with van der Waals surface area (Å²) in [6.07, 6.45) is 6.75. The average Bonchev–Trinajstić information content (AvgIpc) is 3.45. The van der Waals surface area contributed by atoms with Gasteiger partial charge in [0.25, 0.3) is 0 Å². The van der Waals surface area contributed by atoms with E-state index in [2.05, 4.69) is 35.6 Å². The molecule has 2 aliphatic rings. The van der Waals surface area contributed by atoms with E-state index >= 15 is 0 Å². The van der Waals surface area contributed by atoms with Crippen molar-refractivity contribution in [3.05, 3.63) is 35.9 Å². The fraction of sp³-hybridized carbons (Fsp3) is 0.650. The maximum Gasteiger partial charge on any atom is 0.317 e. The molecular weight excluding hydrogens is 300 g/mol. The zero-order valence-corrected chi connectivity index (χ0v) is 15.0. The van der Waals surface area contributed by atoms with Crippen molar-refractivity contribution in [2.75, 3.05) is 27.2 Å². The molecule has 24 heavy (non-hydrogen) atoms. The summed E-state index contributed by atoms with van der Waals surface area (Å²) in [6, 6.07) is 10.8. The Kier molecular flexibility index (Phi) is 5.44. The number of hydrogen-bond donors (Lipinski definition) is 1. The fourth-order valence-corrected chi connectivity index (χ4v) is 3.80. The average molecular weight is 330 g/mol. The summed E-state index contributed by atoms with van der Waals surface area (Å²) >= 11 is 0. The second-order valence-corrected chi connectivity index (χ2v) is 7.55. The number of ether oxygens (including phenoxy) is 1. The van der Waals surface area contributed by atoms with Crippen LogP contribution in [-0.2, 0) is 4.74 Å². The monoisotopic (exact) mass is 330 g/mol. The summed E-state index contributed by atoms with van der Waals surface area (Å²) in [5, 5.41) is 3.09. The van der Waals surface area contributed by atoms with Gasteiger partial charge in [-0.15, -0.1) is 0 Å². The van der Waals surface area contributed by atoms with Crippen molar-refractivity contribution in [2.24, 2.45) is 5.92 Å². The van der Waals surface area contributed by atoms with Crippen molar-refractivity contribution in [2.45, 2.75) is 50.0 Å². The minimum Gasteiger partial charge on any atom is -0.376 e. The van der Waals surface area contributed by atoms with E-state index < -0.39 is 0 Å². The van der Waals surface area contributed by atoms with Gasteiger partial charge in [0, 0.05) is 27.2 Å². The molecule has 0 heterocycles. The first-order chi connectivity index (χ1) is 11.6. The highest BCUT2D eigenvalue weighted by molar-refractivity contribution is 5.73. The molecule has 4 heteroatoms. The Morgan fingerprint density at radius 3 is 2.46 bits per heavy atom. The molecule has 0 spiro atoms. The highest BCUT2D eigenvalue weighted by Gasteiger charge is 2.36. The normalized spacial score (nSPS) is 26.8. The third kappa shape index (κ3) is 4.29. The maximum absolute atomic E-state index is 12.3. The lowest BCUT2D eigenvalue weighted by Gasteiger charge is -2.39. The van der Waals surface area contributed by atoms with Gasteiger partial charge < -0.3 is 15.0 Å². The zero-order chi connectivity index (χ0) is 17.0. The summed E-state index contributed by atoms with van der Waals surface area (Å²) in [5.74, 6) is 1.33. The van der Waals surface area contributed by atoms with E-state index in [0.717, 1.165) is 38.1 Å². The largest absolute Gasteiger partial charge is 0.376 e. The lowest BCUT2D eigenvalue weighted by molar-refractivity contribution is -0.0397. The van der Waals surface area contributed by atoms with Gasteiger partial charge in [-0.25, -0.2) is 4.79 Å². The van der Waals surface area contributed by atoms with Crippen LogP contribution in [0.2, 0.25) is 0 Å². The van der Waals surface area contributed by atoms with Crippen LogP contribution in [-0.4, -0.2) is 43.8 Å². The predicted octanol–water partition coefficient (Wildman–Crippen LogP) is 3.78. The lowest BCUT2D eigenvalue weighted by Crippen LogP contribution is -2.49. The Morgan fingerprint density at radius 2 is 1.88 bits per heavy atom. The van der Waals surface area contributed by atoms with Crippen LogP contribution in [0.25, 0.3) is 0 Å². The third-order valence-corrected chi connectivity index (χ3v) is 5.74. The van der Waals surface area contributed by atoms with E-state index in [-0.39, 0.29) is 11.6 Å². The van der Waals surface area contributed by atoms with Crippen molar-refractivity contribution in [1.82, 2.24) is 10.2 Å². The van der Waals surface area contributed by atoms with Crippen LogP contribution in [0, 0.1) is 5.92 Å². The van der Waals surface area contributed by atoms with E-state index in [0.29, 0.717) is 12.5 Å². The topological polar surface area (TPSA) is 41.6 Å². The number of hydrogen-bond acceptors (Lipinski definition) is 2. The molecule has 0 radical (unpaired) electrons. The molecule has 2 fully saturated rings. The molecular formula is C20H30N2O2. The predicted molar refractivity (Wildman–Crippen MR) is 96.1 cm³/mol. The van der Waals surface area contributed by atoms with Gasteiger partial charge in [-0.3, -0.25) is 0 Å². The van der Waals surface area contributed by atoms with E-state index in [1.165, 1.54) is 18.4 Å². The SMILES string of the molecule is COC1(CNC(=O)N(C)CC2CC2)CCC(c2ccccc2)CC1. The molecule has 0 unspecified atom stereocenters. The molecule has 2 saturated carbocycles. The van der Waals surface area contributed by atoms with E-state index in [1.807, 2.05) is 11.9 Å². The summed E-state index contributed by atoms with van der Waals surface area (Å²) in [5.41, 5.74) is 1.22. The molecule has 0 atom stereocenters. The molecule has 1 N–H and O–H groups in total. The summed E-state index contributed by atoms with van der Waals surface area (Å²) in [4.78, 5) is 14.1. The summed E-state index contributed by atoms with van der Waals surface area (Å²) in [6.45, 7) is 1.49. The Morgan fingerprint density at radius 1 is 1.21 bits per heavy atom. The fourth-order valence-electron chi connectivity index (χ4n) is 3.80. The van der Waals surface area contributed by atoms with Crippen molar-refractivity contribution in [3.8, 4) is 0 Å². The highest BCUT2D eigenvalue weighted by atomic mass is 16.5. The van der Waals surface area contributed by atoms with E-state index in [9.17, 15) is 4.79 Å². The van der Waals surface area contributed by atoms with Crippen LogP contribution >= 0.6 is 0 Å². The van der Waals surface area contributed by atoms with Crippen LogP contribution in [0.1, 0.15) is 50.0 Å². The standard InChI is InChI=1S/C20H30N2O2/c1-22(14-16-8-9-16)19(23)21-15-20(24-2)12-10-18(11-13-20)17-6-4-3-5-7-17/h3-7,16,18H,8-15H2,1-2H3,(H,21,23). The number of carbonyl (C=O) groups is 1. The number of benzene rings is 1. The Bertz CT molecular complexity index is 534. The smallest absolute Gasteiger partial charge is 0.317 e. The Hall–Kier alpha value is -1.55. The van der Waals surface area contributed by atoms with Crippen molar-refractivity contribution in [1.29, 1.82) is 0 Å². The highest BCUT2D eigenvalue weighted by Crippen LogP contribution is 2.39. The molecule has 4 nitrogen and oxygen atoms in total. The maximum atomic E-state index is 12.3. The minimum atomic E-state index is -0.207. The lowest BCUT2D eigenvalue weighted by atomic mass is 9.76. The van der Waals surface area contributed by atoms with Gasteiger partial charge in [-0.2, -0.15) is 0 Å². The van der Waals surface area contributed by atoms with Crippen LogP contribution in [0.5, 0.6) is 0 Å². The summed E-state index contributed by atoms with van der Waals surface area (Å²) < 4.78 is 5.85. The quantitative estimate of drug-likeness (QED) is 0.862. The number of nitrogens with zero attached hydrogens (tertiary/aromatic N) is 1. The molecule has 0 aliphatic heterocycles. The Labute approximate surface area is 145 Å². The van der Waals surface area contributed by atoms with Gasteiger partial charge in [-0.1, -0.05) is 30.3 Å². The van der Waals surface area contributed by atoms with Crippen LogP contribution < -0.4 is 5.32 Å². The number of carbonyl (C=O) groups excluding carboxylic acids is 1. The van der Waals surface area contributed by atoms with Gasteiger partial charge in [0.15, 0.2) is 0 Å². The van der Waals surface area contributed by atoms with Crippen molar-refractivity contribution < 1.29 is 9.53 Å². The van der Waals surface area contributed by atoms with Gasteiger partial charge in [0.05, 0.1) is 5.60 Å². The van der Waals surface area contributed by atoms with Crippen molar-refractivity contribution in [3.63, 3.8) is 0 Å². The molecule has 1 aromatic carbocycles. The molecule has 2 amide bonds. The molecule has 0 aromatic heterocycles. The first-order valence-electron chi connectivity index (χ1n) is 9.21. The molecule has 132 valence electrons. The third-order valence-electron chi connectivity index (χ3n) is 5.74. The van der Waals surface area contributed by atoms with Gasteiger partial charge in [0.1, 0.15) is 0 Å². The second kappa shape index (κ2) is 7.56. The van der Waals surface area contributed by atoms with Crippen LogP contribution in [0.3, 0.4) is 0 Å². The number of methoxy groups -OCH3 is 1. The molecule has 0 saturated heterocycles. The van der Waals surface area contributed by atoms with E-state index in [4.69, 9.17) is 4.74 Å². The summed E-state index contributed by atoms with van der Waals surface area (Å²) in [7, 11) is 3.67. The molecule has 3 rings (SSSR count). The van der Waals surface area contributed by atoms with E-state index in [1.54, 1.807) is 7.11 Å². The first-order valence-corrected chi connectivity index (χ1v) is 9.21. The molecule has 2 aliphatic carbocycles. The zero-order valence-electron chi connectivity index (χ0n) is 15.0. The van der Waals surface area contributed by atoms with Gasteiger partial charge >= 0.3 is 6.03 Å². The van der Waals surface area contributed by atoms with Crippen molar-refractivity contribution >= 4 is 6.03 Å². The Balaban J connectivity index is 1.49. The van der Waals surface area contributed by atoms with Gasteiger partial charge in [0.2, 0.25) is 0 Å². The first kappa shape index (κ1) is 17.3. The number of rotatable bonds is 6. The molecule has 1 aromatic rings. The number of amides is 2. The number of urea groups is 1.